The van der Waals surface area contributed by atoms with Crippen LogP contribution in [0.4, 0.5) is 0 Å². The lowest BCUT2D eigenvalue weighted by Gasteiger charge is -2.11. The minimum atomic E-state index is -1.23. The van der Waals surface area contributed by atoms with Crippen molar-refractivity contribution in [3.8, 4) is 0 Å². The van der Waals surface area contributed by atoms with Crippen LogP contribution in [0.3, 0.4) is 0 Å². The summed E-state index contributed by atoms with van der Waals surface area (Å²) in [6, 6.07) is 0. The molecule has 0 heterocycles. The second-order valence-electron chi connectivity index (χ2n) is 3.50. The van der Waals surface area contributed by atoms with E-state index in [0.717, 1.165) is 12.8 Å². The number of carbonyl (C=O) groups is 1. The third-order valence-electron chi connectivity index (χ3n) is 2.19. The summed E-state index contributed by atoms with van der Waals surface area (Å²) in [7, 11) is -1.23. The lowest BCUT2D eigenvalue weighted by molar-refractivity contribution is -0.112. The Balaban J connectivity index is 3.53. The molecule has 4 heteroatoms. The summed E-state index contributed by atoms with van der Waals surface area (Å²) in [5, 5.41) is 8.95. The van der Waals surface area contributed by atoms with E-state index in [2.05, 4.69) is 6.92 Å². The summed E-state index contributed by atoms with van der Waals surface area (Å²) in [5.74, 6) is 0. The van der Waals surface area contributed by atoms with Crippen LogP contribution in [0.15, 0.2) is 0 Å². The van der Waals surface area contributed by atoms with Crippen LogP contribution in [0.25, 0.3) is 0 Å². The van der Waals surface area contributed by atoms with Gasteiger partial charge in [-0.3, -0.25) is 4.79 Å². The van der Waals surface area contributed by atoms with E-state index in [1.807, 2.05) is 6.92 Å². The maximum Gasteiger partial charge on any atom is 0.184 e. The van der Waals surface area contributed by atoms with Crippen molar-refractivity contribution >= 4 is 13.7 Å². The summed E-state index contributed by atoms with van der Waals surface area (Å²) in [4.78, 5) is 11.5. The number of unbranched alkanes of at least 4 members (excludes halogenated alkanes) is 4. The molecule has 90 valence electrons. The van der Waals surface area contributed by atoms with Crippen molar-refractivity contribution in [3.05, 3.63) is 0 Å². The number of aliphatic hydroxyl groups is 1. The van der Waals surface area contributed by atoms with Gasteiger partial charge in [0.25, 0.3) is 0 Å². The molecular weight excluding hydrogens is 211 g/mol. The third kappa shape index (κ3) is 7.89. The van der Waals surface area contributed by atoms with Crippen LogP contribution < -0.4 is 0 Å². The van der Waals surface area contributed by atoms with Crippen LogP contribution in [-0.4, -0.2) is 23.6 Å². The van der Waals surface area contributed by atoms with Crippen LogP contribution >= 0.6 is 8.15 Å². The normalized spacial score (nSPS) is 12.7. The van der Waals surface area contributed by atoms with E-state index in [-0.39, 0.29) is 11.9 Å². The van der Waals surface area contributed by atoms with E-state index in [0.29, 0.717) is 13.0 Å². The second kappa shape index (κ2) is 10.5. The van der Waals surface area contributed by atoms with Crippen molar-refractivity contribution < 1.29 is 14.4 Å². The predicted octanol–water partition coefficient (Wildman–Crippen LogP) is 3.26. The van der Waals surface area contributed by atoms with Gasteiger partial charge in [0.2, 0.25) is 0 Å². The van der Waals surface area contributed by atoms with Crippen molar-refractivity contribution in [1.82, 2.24) is 0 Å². The summed E-state index contributed by atoms with van der Waals surface area (Å²) in [6.45, 7) is 4.53. The predicted molar refractivity (Wildman–Crippen MR) is 64.0 cm³/mol. The van der Waals surface area contributed by atoms with Crippen molar-refractivity contribution in [1.29, 1.82) is 0 Å². The Kier molecular flexibility index (Phi) is 10.5. The largest absolute Gasteiger partial charge is 0.389 e. The highest BCUT2D eigenvalue weighted by Crippen LogP contribution is 2.38. The number of rotatable bonds is 10. The Morgan fingerprint density at radius 2 is 1.87 bits per heavy atom. The van der Waals surface area contributed by atoms with Gasteiger partial charge in [-0.1, -0.05) is 32.6 Å². The summed E-state index contributed by atoms with van der Waals surface area (Å²) < 4.78 is 5.20. The number of hydrogen-bond acceptors (Lipinski definition) is 3. The fraction of sp³-hybridized carbons (Fsp3) is 0.909. The molecule has 0 aliphatic carbocycles. The minimum Gasteiger partial charge on any atom is -0.389 e. The van der Waals surface area contributed by atoms with Crippen molar-refractivity contribution in [2.24, 2.45) is 0 Å². The highest BCUT2D eigenvalue weighted by molar-refractivity contribution is 7.70. The molecule has 0 bridgehead atoms. The Morgan fingerprint density at radius 1 is 1.20 bits per heavy atom. The first kappa shape index (κ1) is 15.0. The molecule has 0 amide bonds. The van der Waals surface area contributed by atoms with Crippen LogP contribution in [-0.2, 0) is 9.32 Å². The van der Waals surface area contributed by atoms with Crippen molar-refractivity contribution in [3.63, 3.8) is 0 Å². The van der Waals surface area contributed by atoms with E-state index >= 15 is 0 Å². The summed E-state index contributed by atoms with van der Waals surface area (Å²) in [5.41, 5.74) is 0.103. The maximum absolute atomic E-state index is 11.5. The summed E-state index contributed by atoms with van der Waals surface area (Å²) >= 11 is 0. The SMILES string of the molecule is CCCCCCCC(=O)P(CO)OCC. The van der Waals surface area contributed by atoms with Gasteiger partial charge in [-0.05, 0) is 13.3 Å². The molecule has 1 unspecified atom stereocenters. The molecule has 0 aromatic rings. The highest BCUT2D eigenvalue weighted by Gasteiger charge is 2.16. The quantitative estimate of drug-likeness (QED) is 0.466. The van der Waals surface area contributed by atoms with E-state index < -0.39 is 8.15 Å². The monoisotopic (exact) mass is 234 g/mol. The lowest BCUT2D eigenvalue weighted by Crippen LogP contribution is -2.02. The van der Waals surface area contributed by atoms with Gasteiger partial charge in [-0.15, -0.1) is 0 Å². The molecule has 3 nitrogen and oxygen atoms in total. The zero-order valence-corrected chi connectivity index (χ0v) is 10.8. The molecule has 0 aromatic heterocycles. The molecule has 15 heavy (non-hydrogen) atoms. The molecule has 0 fully saturated rings. The van der Waals surface area contributed by atoms with Gasteiger partial charge in [-0.2, -0.15) is 0 Å². The third-order valence-corrected chi connectivity index (χ3v) is 3.79. The minimum absolute atomic E-state index is 0.103. The molecule has 1 N–H and O–H groups in total. The van der Waals surface area contributed by atoms with Gasteiger partial charge >= 0.3 is 0 Å². The van der Waals surface area contributed by atoms with Gasteiger partial charge in [0.05, 0.1) is 6.35 Å². The zero-order chi connectivity index (χ0) is 11.5. The molecule has 0 radical (unpaired) electrons. The van der Waals surface area contributed by atoms with Gasteiger partial charge in [-0.25, -0.2) is 0 Å². The lowest BCUT2D eigenvalue weighted by atomic mass is 10.1. The van der Waals surface area contributed by atoms with E-state index in [1.54, 1.807) is 0 Å². The molecule has 0 rings (SSSR count). The Morgan fingerprint density at radius 3 is 2.40 bits per heavy atom. The average molecular weight is 234 g/mol. The average Bonchev–Trinajstić information content (AvgIpc) is 2.25. The molecular formula is C11H23O3P. The standard InChI is InChI=1S/C11H23O3P/c1-3-5-6-7-8-9-11(13)15(10-12)14-4-2/h12H,3-10H2,1-2H3. The van der Waals surface area contributed by atoms with Crippen LogP contribution in [0.1, 0.15) is 52.4 Å². The van der Waals surface area contributed by atoms with E-state index in [4.69, 9.17) is 9.63 Å². The molecule has 0 saturated carbocycles. The molecule has 0 spiro atoms. The van der Waals surface area contributed by atoms with Crippen molar-refractivity contribution in [2.75, 3.05) is 13.0 Å². The van der Waals surface area contributed by atoms with E-state index in [1.165, 1.54) is 19.3 Å². The Hall–Kier alpha value is 0.0200. The van der Waals surface area contributed by atoms with Crippen LogP contribution in [0.5, 0.6) is 0 Å². The maximum atomic E-state index is 11.5. The van der Waals surface area contributed by atoms with E-state index in [9.17, 15) is 4.79 Å². The molecule has 0 aromatic carbocycles. The smallest absolute Gasteiger partial charge is 0.184 e. The first-order valence-corrected chi connectivity index (χ1v) is 7.24. The number of hydrogen-bond donors (Lipinski definition) is 1. The van der Waals surface area contributed by atoms with Gasteiger partial charge < -0.3 is 9.63 Å². The molecule has 0 aliphatic heterocycles. The topological polar surface area (TPSA) is 46.5 Å². The van der Waals surface area contributed by atoms with Gasteiger partial charge in [0.1, 0.15) is 8.15 Å². The van der Waals surface area contributed by atoms with Gasteiger partial charge in [0, 0.05) is 13.0 Å². The van der Waals surface area contributed by atoms with Crippen molar-refractivity contribution in [2.45, 2.75) is 52.4 Å². The molecule has 0 aliphatic rings. The molecule has 1 atom stereocenters. The fourth-order valence-electron chi connectivity index (χ4n) is 1.35. The Labute approximate surface area is 94.0 Å². The highest BCUT2D eigenvalue weighted by atomic mass is 31.1. The second-order valence-corrected chi connectivity index (χ2v) is 5.29. The molecule has 0 saturated heterocycles. The fourth-order valence-corrected chi connectivity index (χ4v) is 2.45. The first-order chi connectivity index (χ1) is 7.26. The number of aliphatic hydroxyl groups excluding tert-OH is 1. The summed E-state index contributed by atoms with van der Waals surface area (Å²) in [6.07, 6.45) is 6.15. The number of carbonyl (C=O) groups excluding carboxylic acids is 1. The van der Waals surface area contributed by atoms with Crippen LogP contribution in [0.2, 0.25) is 0 Å². The first-order valence-electron chi connectivity index (χ1n) is 5.80. The Bertz CT molecular complexity index is 162. The van der Waals surface area contributed by atoms with Crippen LogP contribution in [0, 0.1) is 0 Å². The van der Waals surface area contributed by atoms with Gasteiger partial charge in [0.15, 0.2) is 5.52 Å². The zero-order valence-electron chi connectivity index (χ0n) is 9.87.